The topological polar surface area (TPSA) is 76.7 Å². The van der Waals surface area contributed by atoms with Crippen molar-refractivity contribution in [3.63, 3.8) is 0 Å². The summed E-state index contributed by atoms with van der Waals surface area (Å²) in [7, 11) is 1.58. The smallest absolute Gasteiger partial charge is 0.262 e. The van der Waals surface area contributed by atoms with Gasteiger partial charge in [-0.1, -0.05) is 6.07 Å². The number of anilines is 1. The lowest BCUT2D eigenvalue weighted by Crippen LogP contribution is -2.59. The van der Waals surface area contributed by atoms with Gasteiger partial charge in [-0.25, -0.2) is 0 Å². The quantitative estimate of drug-likeness (QED) is 0.677. The molecule has 6 rings (SSSR count). The first-order valence-corrected chi connectivity index (χ1v) is 11.5. The van der Waals surface area contributed by atoms with Crippen molar-refractivity contribution in [1.29, 1.82) is 0 Å². The van der Waals surface area contributed by atoms with Gasteiger partial charge in [0.2, 0.25) is 0 Å². The molecule has 168 valence electrons. The van der Waals surface area contributed by atoms with Crippen LogP contribution in [0.25, 0.3) is 0 Å². The molecular weight excluding hydrogens is 404 g/mol. The van der Waals surface area contributed by atoms with Crippen LogP contribution in [0.2, 0.25) is 0 Å². The van der Waals surface area contributed by atoms with E-state index < -0.39 is 0 Å². The molecule has 4 bridgehead atoms. The summed E-state index contributed by atoms with van der Waals surface area (Å²) < 4.78 is 10.7. The van der Waals surface area contributed by atoms with Crippen molar-refractivity contribution in [3.8, 4) is 11.5 Å². The molecule has 4 saturated carbocycles. The summed E-state index contributed by atoms with van der Waals surface area (Å²) in [4.78, 5) is 25.1. The van der Waals surface area contributed by atoms with Gasteiger partial charge in [-0.05, 0) is 92.7 Å². The number of nitrogens with one attached hydrogen (secondary N) is 2. The van der Waals surface area contributed by atoms with Gasteiger partial charge >= 0.3 is 0 Å². The van der Waals surface area contributed by atoms with Crippen LogP contribution in [0.5, 0.6) is 11.5 Å². The number of hydrogen-bond donors (Lipinski definition) is 2. The molecule has 6 nitrogen and oxygen atoms in total. The zero-order valence-electron chi connectivity index (χ0n) is 18.4. The molecule has 0 unspecified atom stereocenters. The SMILES string of the molecule is COc1cccc(NC(=O)COc2ccc(C(=O)NC34CC5CC(CC(C5)C3)C4)cc2)c1. The maximum atomic E-state index is 12.9. The predicted molar refractivity (Wildman–Crippen MR) is 122 cm³/mol. The molecule has 0 aliphatic heterocycles. The van der Waals surface area contributed by atoms with Crippen LogP contribution in [0.15, 0.2) is 48.5 Å². The van der Waals surface area contributed by atoms with Gasteiger partial charge in [0, 0.05) is 22.9 Å². The first kappa shape index (κ1) is 20.9. The fourth-order valence-electron chi connectivity index (χ4n) is 6.33. The third kappa shape index (κ3) is 4.45. The molecule has 0 aromatic heterocycles. The van der Waals surface area contributed by atoms with Crippen molar-refractivity contribution in [1.82, 2.24) is 5.32 Å². The number of benzene rings is 2. The minimum absolute atomic E-state index is 0.000781. The van der Waals surface area contributed by atoms with Crippen molar-refractivity contribution in [2.24, 2.45) is 17.8 Å². The molecule has 0 radical (unpaired) electrons. The Hall–Kier alpha value is -3.02. The Kier molecular flexibility index (Phi) is 5.53. The molecule has 0 saturated heterocycles. The Balaban J connectivity index is 1.14. The molecule has 4 aliphatic carbocycles. The monoisotopic (exact) mass is 434 g/mol. The van der Waals surface area contributed by atoms with Crippen LogP contribution < -0.4 is 20.1 Å². The molecule has 2 amide bonds. The highest BCUT2D eigenvalue weighted by atomic mass is 16.5. The normalized spacial score (nSPS) is 27.6. The van der Waals surface area contributed by atoms with E-state index in [1.165, 1.54) is 19.3 Å². The summed E-state index contributed by atoms with van der Waals surface area (Å²) in [6.45, 7) is -0.115. The van der Waals surface area contributed by atoms with Gasteiger partial charge in [0.1, 0.15) is 11.5 Å². The molecule has 2 aromatic carbocycles. The Labute approximate surface area is 188 Å². The second kappa shape index (κ2) is 8.49. The fraction of sp³-hybridized carbons (Fsp3) is 0.462. The zero-order valence-corrected chi connectivity index (χ0v) is 18.4. The average Bonchev–Trinajstić information content (AvgIpc) is 2.77. The van der Waals surface area contributed by atoms with Crippen molar-refractivity contribution in [2.75, 3.05) is 19.0 Å². The second-order valence-corrected chi connectivity index (χ2v) is 9.75. The fourth-order valence-corrected chi connectivity index (χ4v) is 6.33. The highest BCUT2D eigenvalue weighted by Gasteiger charge is 2.51. The number of carbonyl (C=O) groups excluding carboxylic acids is 2. The van der Waals surface area contributed by atoms with E-state index in [0.29, 0.717) is 22.7 Å². The molecule has 0 atom stereocenters. The van der Waals surface area contributed by atoms with Gasteiger partial charge in [-0.15, -0.1) is 0 Å². The average molecular weight is 435 g/mol. The molecule has 0 spiro atoms. The molecule has 4 aliphatic rings. The molecule has 4 fully saturated rings. The van der Waals surface area contributed by atoms with Crippen LogP contribution in [-0.2, 0) is 4.79 Å². The van der Waals surface area contributed by atoms with Crippen LogP contribution in [0.3, 0.4) is 0 Å². The third-order valence-corrected chi connectivity index (χ3v) is 7.26. The molecule has 32 heavy (non-hydrogen) atoms. The van der Waals surface area contributed by atoms with Crippen molar-refractivity contribution >= 4 is 17.5 Å². The first-order chi connectivity index (χ1) is 15.5. The molecule has 2 aromatic rings. The zero-order chi connectivity index (χ0) is 22.1. The van der Waals surface area contributed by atoms with E-state index in [4.69, 9.17) is 9.47 Å². The molecule has 0 heterocycles. The van der Waals surface area contributed by atoms with Crippen LogP contribution in [0.4, 0.5) is 5.69 Å². The second-order valence-electron chi connectivity index (χ2n) is 9.75. The maximum Gasteiger partial charge on any atom is 0.262 e. The van der Waals surface area contributed by atoms with E-state index in [2.05, 4.69) is 10.6 Å². The molecule has 6 heteroatoms. The van der Waals surface area contributed by atoms with E-state index in [1.54, 1.807) is 43.5 Å². The minimum Gasteiger partial charge on any atom is -0.497 e. The highest BCUT2D eigenvalue weighted by Crippen LogP contribution is 2.55. The summed E-state index contributed by atoms with van der Waals surface area (Å²) in [5, 5.41) is 6.17. The first-order valence-electron chi connectivity index (χ1n) is 11.5. The number of hydrogen-bond acceptors (Lipinski definition) is 4. The largest absolute Gasteiger partial charge is 0.497 e. The van der Waals surface area contributed by atoms with Crippen molar-refractivity contribution in [2.45, 2.75) is 44.1 Å². The van der Waals surface area contributed by atoms with Gasteiger partial charge in [0.15, 0.2) is 6.61 Å². The summed E-state index contributed by atoms with van der Waals surface area (Å²) in [6.07, 6.45) is 7.46. The predicted octanol–water partition coefficient (Wildman–Crippen LogP) is 4.41. The number of amides is 2. The Morgan fingerprint density at radius 2 is 1.59 bits per heavy atom. The van der Waals surface area contributed by atoms with Crippen LogP contribution >= 0.6 is 0 Å². The molecule has 2 N–H and O–H groups in total. The summed E-state index contributed by atoms with van der Waals surface area (Å²) >= 11 is 0. The van der Waals surface area contributed by atoms with E-state index >= 15 is 0 Å². The minimum atomic E-state index is -0.262. The van der Waals surface area contributed by atoms with Gasteiger partial charge in [0.05, 0.1) is 7.11 Å². The van der Waals surface area contributed by atoms with E-state index in [9.17, 15) is 9.59 Å². The van der Waals surface area contributed by atoms with E-state index in [-0.39, 0.29) is 24.0 Å². The Bertz CT molecular complexity index is 966. The van der Waals surface area contributed by atoms with Crippen molar-refractivity contribution in [3.05, 3.63) is 54.1 Å². The standard InChI is InChI=1S/C26H30N2O4/c1-31-23-4-2-3-21(12-23)27-24(29)16-32-22-7-5-20(6-8-22)25(30)28-26-13-17-9-18(14-26)11-19(10-17)15-26/h2-8,12,17-19H,9-11,13-16H2,1H3,(H,27,29)(H,28,30). The van der Waals surface area contributed by atoms with Gasteiger partial charge in [-0.3, -0.25) is 9.59 Å². The van der Waals surface area contributed by atoms with E-state index in [1.807, 2.05) is 12.1 Å². The molecular formula is C26H30N2O4. The number of rotatable bonds is 7. The van der Waals surface area contributed by atoms with Gasteiger partial charge in [-0.2, -0.15) is 0 Å². The number of carbonyl (C=O) groups is 2. The lowest BCUT2D eigenvalue weighted by atomic mass is 9.53. The van der Waals surface area contributed by atoms with E-state index in [0.717, 1.165) is 37.0 Å². The van der Waals surface area contributed by atoms with Gasteiger partial charge < -0.3 is 20.1 Å². The van der Waals surface area contributed by atoms with Crippen LogP contribution in [0, 0.1) is 17.8 Å². The lowest BCUT2D eigenvalue weighted by Gasteiger charge is -2.56. The summed E-state index contributed by atoms with van der Waals surface area (Å²) in [5.41, 5.74) is 1.28. The Morgan fingerprint density at radius 3 is 2.22 bits per heavy atom. The highest BCUT2D eigenvalue weighted by molar-refractivity contribution is 5.95. The number of ether oxygens (including phenoxy) is 2. The summed E-state index contributed by atoms with van der Waals surface area (Å²) in [6, 6.07) is 14.2. The maximum absolute atomic E-state index is 12.9. The van der Waals surface area contributed by atoms with Crippen LogP contribution in [0.1, 0.15) is 48.9 Å². The Morgan fingerprint density at radius 1 is 0.938 bits per heavy atom. The third-order valence-electron chi connectivity index (χ3n) is 7.26. The van der Waals surface area contributed by atoms with Crippen molar-refractivity contribution < 1.29 is 19.1 Å². The summed E-state index contributed by atoms with van der Waals surface area (Å²) in [5.74, 6) is 3.33. The van der Waals surface area contributed by atoms with Gasteiger partial charge in [0.25, 0.3) is 11.8 Å². The lowest BCUT2D eigenvalue weighted by molar-refractivity contribution is -0.118. The van der Waals surface area contributed by atoms with Crippen LogP contribution in [-0.4, -0.2) is 31.1 Å². The number of methoxy groups -OCH3 is 1.